The van der Waals surface area contributed by atoms with Crippen LogP contribution < -0.4 is 5.32 Å². The monoisotopic (exact) mass is 213 g/mol. The van der Waals surface area contributed by atoms with Gasteiger partial charge >= 0.3 is 0 Å². The van der Waals surface area contributed by atoms with E-state index < -0.39 is 0 Å². The lowest BCUT2D eigenvalue weighted by Gasteiger charge is -2.28. The average molecular weight is 213 g/mol. The Hall–Kier alpha value is -0.0800. The van der Waals surface area contributed by atoms with Crippen molar-refractivity contribution in [2.24, 2.45) is 0 Å². The normalized spacial score (nSPS) is 26.8. The van der Waals surface area contributed by atoms with E-state index in [0.717, 1.165) is 6.61 Å². The molecule has 1 fully saturated rings. The molecule has 2 unspecified atom stereocenters. The molecule has 0 aromatic carbocycles. The highest BCUT2D eigenvalue weighted by atomic mass is 16.5. The van der Waals surface area contributed by atoms with Gasteiger partial charge in [-0.25, -0.2) is 0 Å². The van der Waals surface area contributed by atoms with Gasteiger partial charge in [0.05, 0.1) is 6.10 Å². The fourth-order valence-corrected chi connectivity index (χ4v) is 2.34. The minimum Gasteiger partial charge on any atom is -0.378 e. The fourth-order valence-electron chi connectivity index (χ4n) is 2.34. The summed E-state index contributed by atoms with van der Waals surface area (Å²) in [6.45, 7) is 3.22. The molecule has 1 N–H and O–H groups in total. The Kier molecular flexibility index (Phi) is 7.03. The summed E-state index contributed by atoms with van der Waals surface area (Å²) in [5, 5.41) is 3.36. The van der Waals surface area contributed by atoms with Gasteiger partial charge in [0.15, 0.2) is 0 Å². The third-order valence-electron chi connectivity index (χ3n) is 3.39. The van der Waals surface area contributed by atoms with Crippen LogP contribution in [0.1, 0.15) is 58.3 Å². The first kappa shape index (κ1) is 13.0. The summed E-state index contributed by atoms with van der Waals surface area (Å²) >= 11 is 0. The number of hydrogen-bond acceptors (Lipinski definition) is 2. The lowest BCUT2D eigenvalue weighted by atomic mass is 9.93. The van der Waals surface area contributed by atoms with Crippen molar-refractivity contribution in [3.05, 3.63) is 0 Å². The van der Waals surface area contributed by atoms with E-state index in [1.54, 1.807) is 0 Å². The zero-order chi connectivity index (χ0) is 10.9. The first-order valence-corrected chi connectivity index (χ1v) is 6.65. The molecule has 90 valence electrons. The van der Waals surface area contributed by atoms with E-state index in [4.69, 9.17) is 4.74 Å². The van der Waals surface area contributed by atoms with Gasteiger partial charge in [0, 0.05) is 12.6 Å². The molecule has 0 amide bonds. The largest absolute Gasteiger partial charge is 0.378 e. The maximum absolute atomic E-state index is 5.92. The van der Waals surface area contributed by atoms with Crippen LogP contribution in [0.3, 0.4) is 0 Å². The van der Waals surface area contributed by atoms with Gasteiger partial charge in [-0.15, -0.1) is 0 Å². The molecule has 2 atom stereocenters. The zero-order valence-corrected chi connectivity index (χ0v) is 10.4. The van der Waals surface area contributed by atoms with Gasteiger partial charge < -0.3 is 10.1 Å². The molecule has 1 rings (SSSR count). The van der Waals surface area contributed by atoms with Gasteiger partial charge in [-0.1, -0.05) is 26.2 Å². The summed E-state index contributed by atoms with van der Waals surface area (Å²) < 4.78 is 5.92. The van der Waals surface area contributed by atoms with Crippen LogP contribution in [0.5, 0.6) is 0 Å². The first-order chi connectivity index (χ1) is 7.36. The molecule has 0 aromatic heterocycles. The number of rotatable bonds is 7. The van der Waals surface area contributed by atoms with Crippen molar-refractivity contribution >= 4 is 0 Å². The van der Waals surface area contributed by atoms with Gasteiger partial charge in [0.2, 0.25) is 0 Å². The van der Waals surface area contributed by atoms with Crippen molar-refractivity contribution in [3.8, 4) is 0 Å². The molecule has 2 heteroatoms. The van der Waals surface area contributed by atoms with Crippen molar-refractivity contribution < 1.29 is 4.74 Å². The summed E-state index contributed by atoms with van der Waals surface area (Å²) in [4.78, 5) is 0. The second kappa shape index (κ2) is 8.12. The highest BCUT2D eigenvalue weighted by molar-refractivity contribution is 4.77. The Morgan fingerprint density at radius 3 is 2.80 bits per heavy atom. The second-order valence-corrected chi connectivity index (χ2v) is 4.71. The maximum Gasteiger partial charge on any atom is 0.0590 e. The average Bonchev–Trinajstić information content (AvgIpc) is 2.29. The minimum atomic E-state index is 0.526. The number of nitrogens with one attached hydrogen (secondary N) is 1. The van der Waals surface area contributed by atoms with Crippen LogP contribution in [0, 0.1) is 0 Å². The Bertz CT molecular complexity index is 149. The molecule has 1 aliphatic rings. The topological polar surface area (TPSA) is 21.3 Å². The van der Waals surface area contributed by atoms with Crippen LogP contribution in [0.25, 0.3) is 0 Å². The molecule has 1 saturated carbocycles. The summed E-state index contributed by atoms with van der Waals surface area (Å²) in [6.07, 6.45) is 10.9. The van der Waals surface area contributed by atoms with Gasteiger partial charge in [-0.2, -0.15) is 0 Å². The van der Waals surface area contributed by atoms with Crippen molar-refractivity contribution in [1.82, 2.24) is 5.32 Å². The molecule has 2 nitrogen and oxygen atoms in total. The van der Waals surface area contributed by atoms with Crippen LogP contribution in [0.15, 0.2) is 0 Å². The van der Waals surface area contributed by atoms with Crippen molar-refractivity contribution in [2.45, 2.75) is 70.4 Å². The summed E-state index contributed by atoms with van der Waals surface area (Å²) in [6, 6.07) is 0.694. The fraction of sp³-hybridized carbons (Fsp3) is 1.00. The molecular weight excluding hydrogens is 186 g/mol. The highest BCUT2D eigenvalue weighted by Gasteiger charge is 2.20. The van der Waals surface area contributed by atoms with E-state index in [1.165, 1.54) is 51.4 Å². The summed E-state index contributed by atoms with van der Waals surface area (Å²) in [7, 11) is 2.06. The van der Waals surface area contributed by atoms with Crippen molar-refractivity contribution in [2.75, 3.05) is 13.7 Å². The molecule has 1 aliphatic carbocycles. The molecule has 0 bridgehead atoms. The lowest BCUT2D eigenvalue weighted by molar-refractivity contribution is 0.0184. The predicted octanol–water partition coefficient (Wildman–Crippen LogP) is 3.11. The van der Waals surface area contributed by atoms with Crippen LogP contribution in [0.2, 0.25) is 0 Å². The number of hydrogen-bond donors (Lipinski definition) is 1. The van der Waals surface area contributed by atoms with E-state index in [1.807, 2.05) is 0 Å². The quantitative estimate of drug-likeness (QED) is 0.656. The highest BCUT2D eigenvalue weighted by Crippen LogP contribution is 2.21. The van der Waals surface area contributed by atoms with E-state index in [-0.39, 0.29) is 0 Å². The molecule has 0 aromatic rings. The van der Waals surface area contributed by atoms with E-state index in [0.29, 0.717) is 12.1 Å². The van der Waals surface area contributed by atoms with E-state index in [2.05, 4.69) is 19.3 Å². The molecular formula is C13H27NO. The summed E-state index contributed by atoms with van der Waals surface area (Å²) in [5.41, 5.74) is 0. The number of ether oxygens (including phenoxy) is 1. The summed E-state index contributed by atoms with van der Waals surface area (Å²) in [5.74, 6) is 0. The number of unbranched alkanes of at least 4 members (excludes halogenated alkanes) is 3. The first-order valence-electron chi connectivity index (χ1n) is 6.65. The Labute approximate surface area is 94.8 Å². The Balaban J connectivity index is 2.00. The molecule has 0 saturated heterocycles. The minimum absolute atomic E-state index is 0.526. The zero-order valence-electron chi connectivity index (χ0n) is 10.4. The predicted molar refractivity (Wildman–Crippen MR) is 65.2 cm³/mol. The molecule has 0 aliphatic heterocycles. The van der Waals surface area contributed by atoms with Gasteiger partial charge in [-0.05, 0) is 39.2 Å². The SMILES string of the molecule is CCCCCCOC1CCCC(NC)C1. The van der Waals surface area contributed by atoms with Crippen LogP contribution in [-0.2, 0) is 4.74 Å². The molecule has 0 spiro atoms. The third kappa shape index (κ3) is 5.53. The maximum atomic E-state index is 5.92. The second-order valence-electron chi connectivity index (χ2n) is 4.71. The molecule has 0 radical (unpaired) electrons. The van der Waals surface area contributed by atoms with Gasteiger partial charge in [-0.3, -0.25) is 0 Å². The van der Waals surface area contributed by atoms with Crippen molar-refractivity contribution in [1.29, 1.82) is 0 Å². The Morgan fingerprint density at radius 1 is 1.20 bits per heavy atom. The van der Waals surface area contributed by atoms with Crippen LogP contribution in [-0.4, -0.2) is 25.8 Å². The lowest BCUT2D eigenvalue weighted by Crippen LogP contribution is -2.34. The smallest absolute Gasteiger partial charge is 0.0590 e. The molecule has 15 heavy (non-hydrogen) atoms. The van der Waals surface area contributed by atoms with E-state index >= 15 is 0 Å². The van der Waals surface area contributed by atoms with Crippen molar-refractivity contribution in [3.63, 3.8) is 0 Å². The Morgan fingerprint density at radius 2 is 2.07 bits per heavy atom. The standard InChI is InChI=1S/C13H27NO/c1-3-4-5-6-10-15-13-9-7-8-12(11-13)14-2/h12-14H,3-11H2,1-2H3. The van der Waals surface area contributed by atoms with E-state index in [9.17, 15) is 0 Å². The van der Waals surface area contributed by atoms with Crippen LogP contribution in [0.4, 0.5) is 0 Å². The van der Waals surface area contributed by atoms with Crippen LogP contribution >= 0.6 is 0 Å². The third-order valence-corrected chi connectivity index (χ3v) is 3.39. The molecule has 0 heterocycles. The van der Waals surface area contributed by atoms with Gasteiger partial charge in [0.25, 0.3) is 0 Å². The van der Waals surface area contributed by atoms with Gasteiger partial charge in [0.1, 0.15) is 0 Å².